The summed E-state index contributed by atoms with van der Waals surface area (Å²) in [5.74, 6) is -0.209. The minimum Gasteiger partial charge on any atom is -0.466 e. The molecule has 0 bridgehead atoms. The third-order valence-corrected chi connectivity index (χ3v) is 3.09. The number of hydrogen-bond acceptors (Lipinski definition) is 6. The van der Waals surface area contributed by atoms with E-state index in [1.54, 1.807) is 20.8 Å². The number of carbonyl (C=O) groups is 1. The van der Waals surface area contributed by atoms with E-state index in [1.165, 1.54) is 6.20 Å². The fraction of sp³-hybridized carbons (Fsp3) is 0.571. The molecule has 7 heteroatoms. The molecule has 21 heavy (non-hydrogen) atoms. The lowest BCUT2D eigenvalue weighted by Gasteiger charge is -2.08. The SMILES string of the molecule is CCOC(=O)CCCNCc1ncc(C)c([N+](=O)[O-])c1C. The van der Waals surface area contributed by atoms with Crippen LogP contribution in [0.25, 0.3) is 0 Å². The molecule has 0 aromatic carbocycles. The molecule has 0 unspecified atom stereocenters. The third kappa shape index (κ3) is 5.11. The minimum absolute atomic E-state index is 0.119. The van der Waals surface area contributed by atoms with Gasteiger partial charge in [-0.1, -0.05) is 0 Å². The number of nitrogens with one attached hydrogen (secondary N) is 1. The molecule has 1 aromatic rings. The highest BCUT2D eigenvalue weighted by molar-refractivity contribution is 5.69. The Morgan fingerprint density at radius 2 is 2.19 bits per heavy atom. The lowest BCUT2D eigenvalue weighted by atomic mass is 10.1. The Morgan fingerprint density at radius 1 is 1.48 bits per heavy atom. The molecule has 0 aliphatic rings. The van der Waals surface area contributed by atoms with Gasteiger partial charge in [-0.2, -0.15) is 0 Å². The number of esters is 1. The van der Waals surface area contributed by atoms with E-state index >= 15 is 0 Å². The van der Waals surface area contributed by atoms with E-state index in [9.17, 15) is 14.9 Å². The molecule has 1 aromatic heterocycles. The molecule has 0 saturated heterocycles. The number of nitro groups is 1. The first-order valence-corrected chi connectivity index (χ1v) is 6.93. The fourth-order valence-corrected chi connectivity index (χ4v) is 2.02. The first-order valence-electron chi connectivity index (χ1n) is 6.93. The lowest BCUT2D eigenvalue weighted by Crippen LogP contribution is -2.18. The van der Waals surface area contributed by atoms with Crippen molar-refractivity contribution in [1.82, 2.24) is 10.3 Å². The van der Waals surface area contributed by atoms with Crippen LogP contribution in [0.5, 0.6) is 0 Å². The minimum atomic E-state index is -0.378. The second-order valence-corrected chi connectivity index (χ2v) is 4.70. The Labute approximate surface area is 123 Å². The zero-order chi connectivity index (χ0) is 15.8. The predicted octanol–water partition coefficient (Wildman–Crippen LogP) is 2.04. The smallest absolute Gasteiger partial charge is 0.305 e. The standard InChI is InChI=1S/C14H21N3O4/c1-4-21-13(18)6-5-7-15-9-12-11(3)14(17(19)20)10(2)8-16-12/h8,15H,4-7,9H2,1-3H3. The number of hydrogen-bond donors (Lipinski definition) is 1. The number of nitrogens with zero attached hydrogens (tertiary/aromatic N) is 2. The molecular formula is C14H21N3O4. The second-order valence-electron chi connectivity index (χ2n) is 4.70. The van der Waals surface area contributed by atoms with Crippen molar-refractivity contribution >= 4 is 11.7 Å². The molecule has 1 rings (SSSR count). The normalized spacial score (nSPS) is 10.4. The van der Waals surface area contributed by atoms with Gasteiger partial charge in [0.25, 0.3) is 5.69 Å². The highest BCUT2D eigenvalue weighted by Crippen LogP contribution is 2.23. The topological polar surface area (TPSA) is 94.4 Å². The van der Waals surface area contributed by atoms with Gasteiger partial charge in [-0.3, -0.25) is 19.9 Å². The van der Waals surface area contributed by atoms with Crippen molar-refractivity contribution in [3.8, 4) is 0 Å². The molecule has 0 aliphatic carbocycles. The summed E-state index contributed by atoms with van der Waals surface area (Å²) in [5, 5.41) is 14.1. The Morgan fingerprint density at radius 3 is 2.81 bits per heavy atom. The van der Waals surface area contributed by atoms with E-state index in [4.69, 9.17) is 4.74 Å². The number of pyridine rings is 1. The first kappa shape index (κ1) is 17.0. The van der Waals surface area contributed by atoms with Gasteiger partial charge >= 0.3 is 5.97 Å². The van der Waals surface area contributed by atoms with Crippen LogP contribution in [0.2, 0.25) is 0 Å². The van der Waals surface area contributed by atoms with Crippen LogP contribution in [-0.2, 0) is 16.1 Å². The summed E-state index contributed by atoms with van der Waals surface area (Å²) in [6.07, 6.45) is 2.54. The summed E-state index contributed by atoms with van der Waals surface area (Å²) >= 11 is 0. The molecule has 0 spiro atoms. The number of carbonyl (C=O) groups excluding carboxylic acids is 1. The number of aromatic nitrogens is 1. The van der Waals surface area contributed by atoms with E-state index < -0.39 is 0 Å². The predicted molar refractivity (Wildman–Crippen MR) is 77.9 cm³/mol. The van der Waals surface area contributed by atoms with Crippen molar-refractivity contribution in [3.63, 3.8) is 0 Å². The second kappa shape index (κ2) is 8.31. The number of aryl methyl sites for hydroxylation is 1. The van der Waals surface area contributed by atoms with Crippen LogP contribution in [0.3, 0.4) is 0 Å². The molecule has 1 N–H and O–H groups in total. The van der Waals surface area contributed by atoms with Gasteiger partial charge in [-0.25, -0.2) is 0 Å². The maximum atomic E-state index is 11.2. The van der Waals surface area contributed by atoms with E-state index in [2.05, 4.69) is 10.3 Å². The van der Waals surface area contributed by atoms with Crippen molar-refractivity contribution in [2.75, 3.05) is 13.2 Å². The van der Waals surface area contributed by atoms with Crippen molar-refractivity contribution < 1.29 is 14.5 Å². The molecule has 116 valence electrons. The summed E-state index contributed by atoms with van der Waals surface area (Å²) in [7, 11) is 0. The average Bonchev–Trinajstić information content (AvgIpc) is 2.40. The van der Waals surface area contributed by atoms with E-state index in [0.717, 1.165) is 0 Å². The Kier molecular flexibility index (Phi) is 6.74. The number of ether oxygens (including phenoxy) is 1. The van der Waals surface area contributed by atoms with Gasteiger partial charge in [0, 0.05) is 30.3 Å². The molecule has 0 aliphatic heterocycles. The van der Waals surface area contributed by atoms with Gasteiger partial charge in [-0.15, -0.1) is 0 Å². The lowest BCUT2D eigenvalue weighted by molar-refractivity contribution is -0.386. The maximum absolute atomic E-state index is 11.2. The van der Waals surface area contributed by atoms with Crippen molar-refractivity contribution in [2.45, 2.75) is 40.2 Å². The maximum Gasteiger partial charge on any atom is 0.305 e. The third-order valence-electron chi connectivity index (χ3n) is 3.09. The Bertz CT molecular complexity index is 517. The van der Waals surface area contributed by atoms with Crippen molar-refractivity contribution in [3.05, 3.63) is 33.1 Å². The highest BCUT2D eigenvalue weighted by atomic mass is 16.6. The van der Waals surface area contributed by atoms with Gasteiger partial charge in [0.05, 0.1) is 17.2 Å². The zero-order valence-electron chi connectivity index (χ0n) is 12.6. The van der Waals surface area contributed by atoms with Crippen LogP contribution >= 0.6 is 0 Å². The Balaban J connectivity index is 2.48. The number of rotatable bonds is 8. The van der Waals surface area contributed by atoms with Crippen LogP contribution in [0, 0.1) is 24.0 Å². The Hall–Kier alpha value is -2.02. The van der Waals surface area contributed by atoms with Crippen molar-refractivity contribution in [1.29, 1.82) is 0 Å². The molecular weight excluding hydrogens is 274 g/mol. The van der Waals surface area contributed by atoms with Gasteiger partial charge in [0.15, 0.2) is 0 Å². The summed E-state index contributed by atoms with van der Waals surface area (Å²) in [4.78, 5) is 26.0. The molecule has 0 atom stereocenters. The summed E-state index contributed by atoms with van der Waals surface area (Å²) in [6.45, 7) is 6.61. The van der Waals surface area contributed by atoms with Crippen LogP contribution < -0.4 is 5.32 Å². The summed E-state index contributed by atoms with van der Waals surface area (Å²) < 4.78 is 4.83. The van der Waals surface area contributed by atoms with Crippen LogP contribution in [0.4, 0.5) is 5.69 Å². The fourth-order valence-electron chi connectivity index (χ4n) is 2.02. The van der Waals surface area contributed by atoms with Crippen LogP contribution in [0.1, 0.15) is 36.6 Å². The van der Waals surface area contributed by atoms with E-state index in [0.29, 0.717) is 49.4 Å². The average molecular weight is 295 g/mol. The summed E-state index contributed by atoms with van der Waals surface area (Å²) in [5.41, 5.74) is 1.92. The molecule has 0 fully saturated rings. The van der Waals surface area contributed by atoms with Crippen LogP contribution in [-0.4, -0.2) is 29.0 Å². The van der Waals surface area contributed by atoms with Crippen LogP contribution in [0.15, 0.2) is 6.20 Å². The zero-order valence-corrected chi connectivity index (χ0v) is 12.6. The van der Waals surface area contributed by atoms with Gasteiger partial charge < -0.3 is 10.1 Å². The van der Waals surface area contributed by atoms with E-state index in [-0.39, 0.29) is 16.6 Å². The van der Waals surface area contributed by atoms with Crippen molar-refractivity contribution in [2.24, 2.45) is 0 Å². The van der Waals surface area contributed by atoms with Gasteiger partial charge in [-0.05, 0) is 33.7 Å². The molecule has 1 heterocycles. The monoisotopic (exact) mass is 295 g/mol. The molecule has 0 radical (unpaired) electrons. The quantitative estimate of drug-likeness (QED) is 0.341. The van der Waals surface area contributed by atoms with E-state index in [1.807, 2.05) is 0 Å². The highest BCUT2D eigenvalue weighted by Gasteiger charge is 2.18. The largest absolute Gasteiger partial charge is 0.466 e. The first-order chi connectivity index (χ1) is 9.97. The molecule has 7 nitrogen and oxygen atoms in total. The molecule has 0 saturated carbocycles. The van der Waals surface area contributed by atoms with Gasteiger partial charge in [0.2, 0.25) is 0 Å². The van der Waals surface area contributed by atoms with Gasteiger partial charge in [0.1, 0.15) is 0 Å². The summed E-state index contributed by atoms with van der Waals surface area (Å²) in [6, 6.07) is 0. The molecule has 0 amide bonds.